The molecule has 0 saturated carbocycles. The molecule has 2 heterocycles. The number of rotatable bonds is 6. The number of amides is 1. The lowest BCUT2D eigenvalue weighted by Crippen LogP contribution is -2.29. The number of nitrogens with zero attached hydrogens (tertiary/aromatic N) is 2. The van der Waals surface area contributed by atoms with Crippen molar-refractivity contribution in [1.82, 2.24) is 15.1 Å². The number of hydrogen-bond acceptors (Lipinski definition) is 3. The average molecular weight is 340 g/mol. The number of carbonyl (C=O) groups excluding carboxylic acids is 1. The van der Waals surface area contributed by atoms with Gasteiger partial charge in [-0.2, -0.15) is 5.10 Å². The smallest absolute Gasteiger partial charge is 0.276 e. The second kappa shape index (κ2) is 8.30. The highest BCUT2D eigenvalue weighted by Crippen LogP contribution is 2.17. The lowest BCUT2D eigenvalue weighted by atomic mass is 10.1. The van der Waals surface area contributed by atoms with Crippen molar-refractivity contribution in [2.24, 2.45) is 5.92 Å². The summed E-state index contributed by atoms with van der Waals surface area (Å²) >= 11 is 0. The van der Waals surface area contributed by atoms with Gasteiger partial charge in [0, 0.05) is 17.9 Å². The molecular weight excluding hydrogens is 312 g/mol. The van der Waals surface area contributed by atoms with Crippen LogP contribution >= 0.6 is 0 Å². The van der Waals surface area contributed by atoms with Crippen LogP contribution in [0.3, 0.4) is 0 Å². The van der Waals surface area contributed by atoms with E-state index < -0.39 is 0 Å². The van der Waals surface area contributed by atoms with E-state index in [1.807, 2.05) is 18.2 Å². The minimum atomic E-state index is -0.165. The number of likely N-dealkylation sites (tertiary alicyclic amines) is 1. The maximum Gasteiger partial charge on any atom is 0.276 e. The molecule has 0 atom stereocenters. The van der Waals surface area contributed by atoms with Crippen LogP contribution in [0.15, 0.2) is 30.3 Å². The molecule has 2 N–H and O–H groups in total. The molecule has 0 bridgehead atoms. The van der Waals surface area contributed by atoms with E-state index >= 15 is 0 Å². The van der Waals surface area contributed by atoms with E-state index in [0.717, 1.165) is 24.3 Å². The van der Waals surface area contributed by atoms with Gasteiger partial charge in [-0.25, -0.2) is 0 Å². The molecule has 5 nitrogen and oxygen atoms in total. The standard InChI is InChI=1S/C20H28N4O/c1-15(2)11-18-13-19(23-22-18)20(25)21-17-8-6-7-16(12-17)14-24-9-4-3-5-10-24/h6-8,12-13,15H,3-5,9-11,14H2,1-2H3,(H,21,25)(H,22,23). The van der Waals surface area contributed by atoms with Crippen molar-refractivity contribution in [2.45, 2.75) is 46.1 Å². The zero-order chi connectivity index (χ0) is 17.6. The summed E-state index contributed by atoms with van der Waals surface area (Å²) in [5.41, 5.74) is 3.51. The minimum Gasteiger partial charge on any atom is -0.321 e. The SMILES string of the molecule is CC(C)Cc1cc(C(=O)Nc2cccc(CN3CCCCC3)c2)n[nH]1. The van der Waals surface area contributed by atoms with Gasteiger partial charge in [0.15, 0.2) is 5.69 Å². The molecular formula is C20H28N4O. The largest absolute Gasteiger partial charge is 0.321 e. The van der Waals surface area contributed by atoms with Crippen molar-refractivity contribution in [3.63, 3.8) is 0 Å². The molecule has 0 radical (unpaired) electrons. The fraction of sp³-hybridized carbons (Fsp3) is 0.500. The summed E-state index contributed by atoms with van der Waals surface area (Å²) in [6.45, 7) is 7.58. The molecule has 1 aliphatic heterocycles. The highest BCUT2D eigenvalue weighted by molar-refractivity contribution is 6.02. The first kappa shape index (κ1) is 17.7. The van der Waals surface area contributed by atoms with E-state index in [1.165, 1.54) is 37.9 Å². The quantitative estimate of drug-likeness (QED) is 0.840. The first-order valence-electron chi connectivity index (χ1n) is 9.27. The molecule has 134 valence electrons. The lowest BCUT2D eigenvalue weighted by molar-refractivity contribution is 0.102. The average Bonchev–Trinajstić information content (AvgIpc) is 3.04. The summed E-state index contributed by atoms with van der Waals surface area (Å²) in [6.07, 6.45) is 4.81. The van der Waals surface area contributed by atoms with Crippen molar-refractivity contribution in [1.29, 1.82) is 0 Å². The van der Waals surface area contributed by atoms with Gasteiger partial charge in [-0.05, 0) is 62.0 Å². The number of hydrogen-bond donors (Lipinski definition) is 2. The molecule has 1 saturated heterocycles. The Morgan fingerprint density at radius 2 is 2.04 bits per heavy atom. The number of aromatic nitrogens is 2. The van der Waals surface area contributed by atoms with Crippen LogP contribution in [0, 0.1) is 5.92 Å². The van der Waals surface area contributed by atoms with Gasteiger partial charge in [-0.3, -0.25) is 14.8 Å². The van der Waals surface area contributed by atoms with E-state index in [0.29, 0.717) is 11.6 Å². The molecule has 0 spiro atoms. The van der Waals surface area contributed by atoms with Gasteiger partial charge in [-0.1, -0.05) is 32.4 Å². The monoisotopic (exact) mass is 340 g/mol. The first-order chi connectivity index (χ1) is 12.1. The third-order valence-electron chi connectivity index (χ3n) is 4.53. The minimum absolute atomic E-state index is 0.165. The van der Waals surface area contributed by atoms with Gasteiger partial charge in [0.1, 0.15) is 0 Å². The molecule has 1 aromatic heterocycles. The Kier molecular flexibility index (Phi) is 5.87. The number of benzene rings is 1. The highest BCUT2D eigenvalue weighted by atomic mass is 16.1. The van der Waals surface area contributed by atoms with Gasteiger partial charge in [-0.15, -0.1) is 0 Å². The number of H-pyrrole nitrogens is 1. The summed E-state index contributed by atoms with van der Waals surface area (Å²) in [5.74, 6) is 0.365. The molecule has 1 fully saturated rings. The molecule has 1 aromatic carbocycles. The van der Waals surface area contributed by atoms with Crippen LogP contribution in [0.25, 0.3) is 0 Å². The van der Waals surface area contributed by atoms with Crippen LogP contribution in [0.4, 0.5) is 5.69 Å². The molecule has 5 heteroatoms. The number of aromatic amines is 1. The van der Waals surface area contributed by atoms with Gasteiger partial charge < -0.3 is 5.32 Å². The Labute approximate surface area is 149 Å². The van der Waals surface area contributed by atoms with Gasteiger partial charge in [0.25, 0.3) is 5.91 Å². The molecule has 2 aromatic rings. The number of anilines is 1. The summed E-state index contributed by atoms with van der Waals surface area (Å²) < 4.78 is 0. The first-order valence-corrected chi connectivity index (χ1v) is 9.27. The Balaban J connectivity index is 1.61. The van der Waals surface area contributed by atoms with Crippen LogP contribution < -0.4 is 5.32 Å². The Morgan fingerprint density at radius 1 is 1.24 bits per heavy atom. The molecule has 1 amide bonds. The predicted octanol–water partition coefficient (Wildman–Crippen LogP) is 3.85. The normalized spacial score (nSPS) is 15.5. The molecule has 3 rings (SSSR count). The molecule has 0 unspecified atom stereocenters. The fourth-order valence-corrected chi connectivity index (χ4v) is 3.34. The second-order valence-corrected chi connectivity index (χ2v) is 7.37. The van der Waals surface area contributed by atoms with Crippen molar-refractivity contribution in [3.8, 4) is 0 Å². The highest BCUT2D eigenvalue weighted by Gasteiger charge is 2.13. The number of carbonyl (C=O) groups is 1. The summed E-state index contributed by atoms with van der Waals surface area (Å²) in [4.78, 5) is 14.9. The van der Waals surface area contributed by atoms with Gasteiger partial charge in [0.05, 0.1) is 0 Å². The van der Waals surface area contributed by atoms with Crippen LogP contribution in [0.1, 0.15) is 54.9 Å². The maximum atomic E-state index is 12.4. The van der Waals surface area contributed by atoms with Crippen LogP contribution in [-0.4, -0.2) is 34.1 Å². The van der Waals surface area contributed by atoms with Crippen molar-refractivity contribution in [2.75, 3.05) is 18.4 Å². The zero-order valence-corrected chi connectivity index (χ0v) is 15.2. The topological polar surface area (TPSA) is 61.0 Å². The zero-order valence-electron chi connectivity index (χ0n) is 15.2. The Hall–Kier alpha value is -2.14. The third kappa shape index (κ3) is 5.16. The maximum absolute atomic E-state index is 12.4. The molecule has 25 heavy (non-hydrogen) atoms. The summed E-state index contributed by atoms with van der Waals surface area (Å²) in [5, 5.41) is 10.1. The van der Waals surface area contributed by atoms with Gasteiger partial charge in [0.2, 0.25) is 0 Å². The van der Waals surface area contributed by atoms with E-state index in [-0.39, 0.29) is 5.91 Å². The van der Waals surface area contributed by atoms with Crippen LogP contribution in [0.2, 0.25) is 0 Å². The second-order valence-electron chi connectivity index (χ2n) is 7.37. The van der Waals surface area contributed by atoms with Crippen LogP contribution in [0.5, 0.6) is 0 Å². The Bertz CT molecular complexity index is 701. The van der Waals surface area contributed by atoms with E-state index in [2.05, 4.69) is 46.4 Å². The summed E-state index contributed by atoms with van der Waals surface area (Å²) in [6, 6.07) is 9.96. The Morgan fingerprint density at radius 3 is 2.80 bits per heavy atom. The lowest BCUT2D eigenvalue weighted by Gasteiger charge is -2.26. The molecule has 1 aliphatic rings. The van der Waals surface area contributed by atoms with Crippen molar-refractivity contribution in [3.05, 3.63) is 47.3 Å². The summed E-state index contributed by atoms with van der Waals surface area (Å²) in [7, 11) is 0. The van der Waals surface area contributed by atoms with Gasteiger partial charge >= 0.3 is 0 Å². The van der Waals surface area contributed by atoms with E-state index in [9.17, 15) is 4.79 Å². The van der Waals surface area contributed by atoms with E-state index in [4.69, 9.17) is 0 Å². The number of piperidine rings is 1. The van der Waals surface area contributed by atoms with Crippen LogP contribution in [-0.2, 0) is 13.0 Å². The number of nitrogens with one attached hydrogen (secondary N) is 2. The third-order valence-corrected chi connectivity index (χ3v) is 4.53. The van der Waals surface area contributed by atoms with Crippen molar-refractivity contribution < 1.29 is 4.79 Å². The van der Waals surface area contributed by atoms with E-state index in [1.54, 1.807) is 0 Å². The van der Waals surface area contributed by atoms with Crippen molar-refractivity contribution >= 4 is 11.6 Å². The fourth-order valence-electron chi connectivity index (χ4n) is 3.34. The predicted molar refractivity (Wildman–Crippen MR) is 101 cm³/mol. The molecule has 0 aliphatic carbocycles.